The Balaban J connectivity index is 1.46. The van der Waals surface area contributed by atoms with Crippen LogP contribution in [0.4, 0.5) is 0 Å². The van der Waals surface area contributed by atoms with Crippen LogP contribution in [0.1, 0.15) is 11.3 Å². The Labute approximate surface area is 142 Å². The Bertz CT molecular complexity index is 1010. The molecule has 0 spiro atoms. The highest BCUT2D eigenvalue weighted by Crippen LogP contribution is 2.32. The molecule has 1 aliphatic heterocycles. The van der Waals surface area contributed by atoms with Gasteiger partial charge in [0.25, 0.3) is 5.56 Å². The number of nitrogens with one attached hydrogen (secondary N) is 1. The van der Waals surface area contributed by atoms with Crippen molar-refractivity contribution in [2.45, 2.75) is 13.0 Å². The summed E-state index contributed by atoms with van der Waals surface area (Å²) in [5.74, 6) is 0.892. The van der Waals surface area contributed by atoms with Gasteiger partial charge in [-0.1, -0.05) is 24.3 Å². The van der Waals surface area contributed by atoms with E-state index in [2.05, 4.69) is 10.2 Å². The van der Waals surface area contributed by atoms with Crippen LogP contribution in [0.3, 0.4) is 0 Å². The van der Waals surface area contributed by atoms with Crippen LogP contribution in [-0.2, 0) is 22.6 Å². The fourth-order valence-corrected chi connectivity index (χ4v) is 2.69. The summed E-state index contributed by atoms with van der Waals surface area (Å²) in [6.45, 7) is 0.320. The number of esters is 1. The van der Waals surface area contributed by atoms with Gasteiger partial charge in [0.15, 0.2) is 11.5 Å². The average Bonchev–Trinajstić information content (AvgIpc) is 3.10. The number of aromatic amines is 1. The van der Waals surface area contributed by atoms with Crippen LogP contribution in [0.25, 0.3) is 10.8 Å². The lowest BCUT2D eigenvalue weighted by atomic mass is 10.1. The molecule has 1 aliphatic rings. The number of ether oxygens (including phenoxy) is 3. The lowest BCUT2D eigenvalue weighted by Gasteiger charge is -2.07. The van der Waals surface area contributed by atoms with Gasteiger partial charge in [-0.25, -0.2) is 5.10 Å². The van der Waals surface area contributed by atoms with Crippen LogP contribution < -0.4 is 15.0 Å². The summed E-state index contributed by atoms with van der Waals surface area (Å²) in [6, 6.07) is 12.4. The maximum atomic E-state index is 12.1. The van der Waals surface area contributed by atoms with E-state index in [0.717, 1.165) is 5.56 Å². The second-order valence-corrected chi connectivity index (χ2v) is 5.57. The summed E-state index contributed by atoms with van der Waals surface area (Å²) in [5.41, 5.74) is 0.996. The van der Waals surface area contributed by atoms with Gasteiger partial charge in [0.05, 0.1) is 17.5 Å². The zero-order valence-corrected chi connectivity index (χ0v) is 13.2. The average molecular weight is 338 g/mol. The van der Waals surface area contributed by atoms with E-state index in [9.17, 15) is 9.59 Å². The van der Waals surface area contributed by atoms with Gasteiger partial charge in [-0.15, -0.1) is 0 Å². The number of H-pyrrole nitrogens is 1. The van der Waals surface area contributed by atoms with E-state index in [1.165, 1.54) is 0 Å². The maximum absolute atomic E-state index is 12.1. The number of rotatable bonds is 4. The highest BCUT2D eigenvalue weighted by atomic mass is 16.7. The summed E-state index contributed by atoms with van der Waals surface area (Å²) in [4.78, 5) is 23.9. The molecule has 0 saturated carbocycles. The Morgan fingerprint density at radius 3 is 2.80 bits per heavy atom. The minimum Gasteiger partial charge on any atom is -0.461 e. The summed E-state index contributed by atoms with van der Waals surface area (Å²) in [6.07, 6.45) is -0.0259. The number of fused-ring (bicyclic) bond motifs is 2. The first kappa shape index (κ1) is 15.2. The summed E-state index contributed by atoms with van der Waals surface area (Å²) >= 11 is 0. The van der Waals surface area contributed by atoms with Crippen LogP contribution >= 0.6 is 0 Å². The Morgan fingerprint density at radius 2 is 1.92 bits per heavy atom. The van der Waals surface area contributed by atoms with E-state index in [4.69, 9.17) is 14.2 Å². The molecule has 4 rings (SSSR count). The highest BCUT2D eigenvalue weighted by molar-refractivity contribution is 5.86. The van der Waals surface area contributed by atoms with Gasteiger partial charge in [0.1, 0.15) is 6.61 Å². The standard InChI is InChI=1S/C18H14N2O5/c21-17(23-9-11-5-6-15-16(7-11)25-10-24-15)8-14-12-3-1-2-4-13(12)18(22)20-19-14/h1-7H,8-10H2,(H,20,22). The molecule has 0 bridgehead atoms. The molecule has 3 aromatic rings. The molecule has 0 aliphatic carbocycles. The van der Waals surface area contributed by atoms with Gasteiger partial charge >= 0.3 is 5.97 Å². The molecule has 7 heteroatoms. The third kappa shape index (κ3) is 3.03. The molecular formula is C18H14N2O5. The quantitative estimate of drug-likeness (QED) is 0.731. The van der Waals surface area contributed by atoms with E-state index in [0.29, 0.717) is 28.0 Å². The molecule has 0 amide bonds. The number of benzene rings is 2. The number of nitrogens with zero attached hydrogens (tertiary/aromatic N) is 1. The highest BCUT2D eigenvalue weighted by Gasteiger charge is 2.15. The van der Waals surface area contributed by atoms with E-state index >= 15 is 0 Å². The molecule has 0 radical (unpaired) electrons. The van der Waals surface area contributed by atoms with Crippen molar-refractivity contribution in [3.63, 3.8) is 0 Å². The second-order valence-electron chi connectivity index (χ2n) is 5.57. The van der Waals surface area contributed by atoms with Crippen molar-refractivity contribution in [2.24, 2.45) is 0 Å². The summed E-state index contributed by atoms with van der Waals surface area (Å²) in [5, 5.41) is 7.52. The Kier molecular flexibility index (Phi) is 3.81. The molecule has 1 N–H and O–H groups in total. The molecule has 7 nitrogen and oxygen atoms in total. The van der Waals surface area contributed by atoms with Crippen LogP contribution in [0.2, 0.25) is 0 Å². The number of carbonyl (C=O) groups excluding carboxylic acids is 1. The third-order valence-electron chi connectivity index (χ3n) is 3.92. The number of hydrogen-bond acceptors (Lipinski definition) is 6. The fraction of sp³-hybridized carbons (Fsp3) is 0.167. The predicted molar refractivity (Wildman–Crippen MR) is 88.4 cm³/mol. The maximum Gasteiger partial charge on any atom is 0.312 e. The van der Waals surface area contributed by atoms with Crippen LogP contribution in [0.5, 0.6) is 11.5 Å². The van der Waals surface area contributed by atoms with E-state index in [-0.39, 0.29) is 25.4 Å². The summed E-state index contributed by atoms with van der Waals surface area (Å²) < 4.78 is 15.8. The molecule has 0 unspecified atom stereocenters. The largest absolute Gasteiger partial charge is 0.461 e. The van der Waals surface area contributed by atoms with Crippen molar-refractivity contribution in [3.05, 3.63) is 64.1 Å². The minimum atomic E-state index is -0.428. The first-order valence-electron chi connectivity index (χ1n) is 7.71. The topological polar surface area (TPSA) is 90.5 Å². The molecule has 0 atom stereocenters. The zero-order chi connectivity index (χ0) is 17.2. The molecule has 2 aromatic carbocycles. The van der Waals surface area contributed by atoms with E-state index < -0.39 is 5.97 Å². The lowest BCUT2D eigenvalue weighted by Crippen LogP contribution is -2.15. The van der Waals surface area contributed by atoms with Gasteiger partial charge in [0, 0.05) is 5.39 Å². The predicted octanol–water partition coefficient (Wildman–Crippen LogP) is 1.94. The van der Waals surface area contributed by atoms with E-state index in [1.807, 2.05) is 6.07 Å². The SMILES string of the molecule is O=C(Cc1n[nH]c(=O)c2ccccc12)OCc1ccc2c(c1)OCO2. The number of carbonyl (C=O) groups is 1. The molecule has 0 fully saturated rings. The minimum absolute atomic E-state index is 0.0259. The van der Waals surface area contributed by atoms with Crippen molar-refractivity contribution < 1.29 is 19.0 Å². The zero-order valence-electron chi connectivity index (χ0n) is 13.2. The Hall–Kier alpha value is -3.35. The normalized spacial score (nSPS) is 12.3. The molecule has 1 aromatic heterocycles. The van der Waals surface area contributed by atoms with Crippen molar-refractivity contribution in [3.8, 4) is 11.5 Å². The molecule has 2 heterocycles. The number of hydrogen-bond donors (Lipinski definition) is 1. The first-order valence-corrected chi connectivity index (χ1v) is 7.71. The van der Waals surface area contributed by atoms with E-state index in [1.54, 1.807) is 36.4 Å². The van der Waals surface area contributed by atoms with Gasteiger partial charge in [-0.05, 0) is 23.8 Å². The molecular weight excluding hydrogens is 324 g/mol. The molecule has 0 saturated heterocycles. The lowest BCUT2D eigenvalue weighted by molar-refractivity contribution is -0.144. The Morgan fingerprint density at radius 1 is 1.12 bits per heavy atom. The van der Waals surface area contributed by atoms with Crippen molar-refractivity contribution in [2.75, 3.05) is 6.79 Å². The summed E-state index contributed by atoms with van der Waals surface area (Å²) in [7, 11) is 0. The fourth-order valence-electron chi connectivity index (χ4n) is 2.69. The van der Waals surface area contributed by atoms with Crippen molar-refractivity contribution in [1.82, 2.24) is 10.2 Å². The van der Waals surface area contributed by atoms with Gasteiger partial charge in [-0.2, -0.15) is 5.10 Å². The number of aromatic nitrogens is 2. The molecule has 126 valence electrons. The van der Waals surface area contributed by atoms with Crippen LogP contribution in [0.15, 0.2) is 47.3 Å². The molecule has 25 heavy (non-hydrogen) atoms. The monoisotopic (exact) mass is 338 g/mol. The van der Waals surface area contributed by atoms with Gasteiger partial charge in [0.2, 0.25) is 6.79 Å². The van der Waals surface area contributed by atoms with Gasteiger partial charge < -0.3 is 14.2 Å². The van der Waals surface area contributed by atoms with Crippen LogP contribution in [-0.4, -0.2) is 23.0 Å². The smallest absolute Gasteiger partial charge is 0.312 e. The van der Waals surface area contributed by atoms with Crippen molar-refractivity contribution >= 4 is 16.7 Å². The second kappa shape index (κ2) is 6.27. The van der Waals surface area contributed by atoms with Crippen molar-refractivity contribution in [1.29, 1.82) is 0 Å². The third-order valence-corrected chi connectivity index (χ3v) is 3.92. The first-order chi connectivity index (χ1) is 12.2. The van der Waals surface area contributed by atoms with Crippen LogP contribution in [0, 0.1) is 0 Å². The van der Waals surface area contributed by atoms with Gasteiger partial charge in [-0.3, -0.25) is 9.59 Å².